The van der Waals surface area contributed by atoms with Crippen molar-refractivity contribution in [3.8, 4) is 0 Å². The summed E-state index contributed by atoms with van der Waals surface area (Å²) in [5, 5.41) is 25.5. The van der Waals surface area contributed by atoms with Gasteiger partial charge in [0.1, 0.15) is 67.6 Å². The molecular weight excluding hydrogens is 1210 g/mol. The van der Waals surface area contributed by atoms with E-state index < -0.39 is 126 Å². The maximum absolute atomic E-state index is 15.2. The van der Waals surface area contributed by atoms with Crippen molar-refractivity contribution in [2.24, 2.45) is 17.8 Å². The van der Waals surface area contributed by atoms with E-state index >= 15 is 9.59 Å². The summed E-state index contributed by atoms with van der Waals surface area (Å²) in [4.78, 5) is 163. The number of hydrogen-bond acceptors (Lipinski definition) is 13. The summed E-state index contributed by atoms with van der Waals surface area (Å²) in [5.41, 5.74) is 2.89. The number of alkyl carbamates (subject to hydrolysis) is 2. The fourth-order valence-electron chi connectivity index (χ4n) is 12.0. The summed E-state index contributed by atoms with van der Waals surface area (Å²) in [7, 11) is 0. The van der Waals surface area contributed by atoms with Crippen LogP contribution in [0.4, 0.5) is 9.59 Å². The van der Waals surface area contributed by atoms with E-state index in [2.05, 4.69) is 47.9 Å². The van der Waals surface area contributed by atoms with Crippen LogP contribution in [0.2, 0.25) is 0 Å². The van der Waals surface area contributed by atoms with Crippen LogP contribution in [0.1, 0.15) is 128 Å². The van der Waals surface area contributed by atoms with Crippen LogP contribution in [0, 0.1) is 17.8 Å². The SMILES string of the molecule is CC(C)C[C@@H]1NC(=O)[C@H](CCCNC(=O)OCc2ccccc2)NC(=O)[C@H](C(C)C)NC(=O)[C@@H]2CCCN2C(=O)[C@@H](Cc2ccccc2)NC(=O)[C@H](CC(C)C)NC(=O)[C@H](CCCNC(=O)OCc2ccccc2)NC(=O)[C@@H]2CCCN2C(=O)[C@@H](Cc2ccccc2)NC1=O. The molecule has 9 atom stereocenters. The highest BCUT2D eigenvalue weighted by molar-refractivity contribution is 5.99. The fourth-order valence-corrected chi connectivity index (χ4v) is 12.0. The molecule has 7 rings (SSSR count). The molecule has 0 bridgehead atoms. The van der Waals surface area contributed by atoms with Crippen molar-refractivity contribution in [2.75, 3.05) is 26.2 Å². The van der Waals surface area contributed by atoms with Gasteiger partial charge in [-0.3, -0.25) is 43.2 Å². The van der Waals surface area contributed by atoms with Gasteiger partial charge in [0.05, 0.1) is 0 Å². The summed E-state index contributed by atoms with van der Waals surface area (Å²) in [6.45, 7) is 11.1. The third kappa shape index (κ3) is 23.0. The Morgan fingerprint density at radius 3 is 1.12 bits per heavy atom. The van der Waals surface area contributed by atoms with Crippen LogP contribution in [0.5, 0.6) is 0 Å². The average molecular weight is 1310 g/mol. The summed E-state index contributed by atoms with van der Waals surface area (Å²) in [6.07, 6.45) is 0.0173. The number of carbonyl (C=O) groups is 11. The molecule has 0 radical (unpaired) electrons. The Hall–Kier alpha value is -9.35. The van der Waals surface area contributed by atoms with Crippen molar-refractivity contribution in [1.82, 2.24) is 57.7 Å². The summed E-state index contributed by atoms with van der Waals surface area (Å²) in [6, 6.07) is 24.8. The van der Waals surface area contributed by atoms with Crippen molar-refractivity contribution in [3.05, 3.63) is 144 Å². The van der Waals surface area contributed by atoms with Gasteiger partial charge in [0, 0.05) is 39.0 Å². The molecular formula is C71H95N11O13. The molecule has 11 amide bonds. The Balaban J connectivity index is 1.23. The van der Waals surface area contributed by atoms with Crippen LogP contribution < -0.4 is 47.9 Å². The molecule has 3 heterocycles. The van der Waals surface area contributed by atoms with E-state index in [1.165, 1.54) is 9.80 Å². The molecule has 24 heteroatoms. The highest BCUT2D eigenvalue weighted by Crippen LogP contribution is 2.24. The van der Waals surface area contributed by atoms with Crippen LogP contribution in [0.25, 0.3) is 0 Å². The van der Waals surface area contributed by atoms with Gasteiger partial charge in [0.2, 0.25) is 53.2 Å². The second-order valence-electron chi connectivity index (χ2n) is 25.9. The molecule has 9 N–H and O–H groups in total. The number of amides is 11. The quantitative estimate of drug-likeness (QED) is 0.0496. The molecule has 3 fully saturated rings. The van der Waals surface area contributed by atoms with Crippen molar-refractivity contribution < 1.29 is 62.2 Å². The molecule has 3 aliphatic heterocycles. The molecule has 0 unspecified atom stereocenters. The topological polar surface area (TPSA) is 321 Å². The monoisotopic (exact) mass is 1310 g/mol. The van der Waals surface area contributed by atoms with E-state index in [0.717, 1.165) is 11.1 Å². The zero-order chi connectivity index (χ0) is 68.4. The number of benzene rings is 4. The first-order chi connectivity index (χ1) is 45.6. The van der Waals surface area contributed by atoms with Crippen molar-refractivity contribution in [1.29, 1.82) is 0 Å². The number of fused-ring (bicyclic) bond motifs is 2. The number of rotatable bonds is 21. The minimum Gasteiger partial charge on any atom is -0.445 e. The standard InChI is InChI=1S/C71H95N11O13/c1-45(2)39-54-63(85)79-57(42-49-25-13-8-14-26-49)69(91)82-38-22-34-59(82)66(88)80-60(47(5)6)67(89)75-53(32-20-36-73-71(93)95-44-51-29-17-10-18-30-51)62(84)77-55(40-46(3)4)64(86)78-56(41-48-23-11-7-12-24-48)68(90)81-37-21-33-58(81)65(87)74-52(61(83)76-54)31-19-35-72-70(92)94-43-50-27-15-9-16-28-50/h7-18,23-30,45-47,52-60H,19-22,31-44H2,1-6H3,(H,72,92)(H,73,93)(H,74,87)(H,75,89)(H,76,83)(H,77,84)(H,78,86)(H,79,85)(H,80,88)/t52-,53-,54-,55-,56+,57+,58-,59-,60-/m0/s1. The Morgan fingerprint density at radius 2 is 0.747 bits per heavy atom. The van der Waals surface area contributed by atoms with Gasteiger partial charge >= 0.3 is 12.2 Å². The molecule has 4 aromatic carbocycles. The molecule has 0 aliphatic carbocycles. The minimum absolute atomic E-state index is 0.00904. The average Bonchev–Trinajstić information content (AvgIpc) is 1.83. The van der Waals surface area contributed by atoms with E-state index in [0.29, 0.717) is 24.0 Å². The smallest absolute Gasteiger partial charge is 0.407 e. The summed E-state index contributed by atoms with van der Waals surface area (Å²) >= 11 is 0. The second-order valence-corrected chi connectivity index (χ2v) is 25.9. The predicted molar refractivity (Wildman–Crippen MR) is 355 cm³/mol. The lowest BCUT2D eigenvalue weighted by Crippen LogP contribution is -2.61. The number of carbonyl (C=O) groups excluding carboxylic acids is 11. The Bertz CT molecular complexity index is 3210. The predicted octanol–water partition coefficient (Wildman–Crippen LogP) is 5.02. The number of nitrogens with zero attached hydrogens (tertiary/aromatic N) is 2. The van der Waals surface area contributed by atoms with Crippen molar-refractivity contribution in [3.63, 3.8) is 0 Å². The molecule has 95 heavy (non-hydrogen) atoms. The lowest BCUT2D eigenvalue weighted by atomic mass is 9.99. The van der Waals surface area contributed by atoms with Gasteiger partial charge in [0.25, 0.3) is 0 Å². The normalized spacial score (nSPS) is 23.0. The molecule has 512 valence electrons. The minimum atomic E-state index is -1.35. The molecule has 24 nitrogen and oxygen atoms in total. The number of hydrogen-bond donors (Lipinski definition) is 9. The fraction of sp³-hybridized carbons (Fsp3) is 0.507. The molecule has 4 aromatic rings. The molecule has 0 spiro atoms. The third-order valence-electron chi connectivity index (χ3n) is 17.0. The van der Waals surface area contributed by atoms with E-state index in [9.17, 15) is 43.2 Å². The van der Waals surface area contributed by atoms with E-state index in [1.807, 2.05) is 76.2 Å². The lowest BCUT2D eigenvalue weighted by Gasteiger charge is -2.32. The summed E-state index contributed by atoms with van der Waals surface area (Å²) in [5.74, 6) is -7.23. The molecule has 0 aromatic heterocycles. The van der Waals surface area contributed by atoms with Gasteiger partial charge in [-0.05, 0) is 104 Å². The van der Waals surface area contributed by atoms with E-state index in [1.54, 1.807) is 86.6 Å². The highest BCUT2D eigenvalue weighted by Gasteiger charge is 2.43. The van der Waals surface area contributed by atoms with Gasteiger partial charge in [0.15, 0.2) is 0 Å². The Labute approximate surface area is 556 Å². The first-order valence-corrected chi connectivity index (χ1v) is 33.3. The third-order valence-corrected chi connectivity index (χ3v) is 17.0. The van der Waals surface area contributed by atoms with Crippen molar-refractivity contribution in [2.45, 2.75) is 186 Å². The Morgan fingerprint density at radius 1 is 0.421 bits per heavy atom. The van der Waals surface area contributed by atoms with Crippen LogP contribution in [-0.4, -0.2) is 156 Å². The maximum atomic E-state index is 15.2. The zero-order valence-electron chi connectivity index (χ0n) is 55.4. The molecule has 3 saturated heterocycles. The van der Waals surface area contributed by atoms with Gasteiger partial charge in [-0.25, -0.2) is 9.59 Å². The van der Waals surface area contributed by atoms with Gasteiger partial charge in [-0.2, -0.15) is 0 Å². The Kier molecular flexibility index (Phi) is 28.4. The molecule has 3 aliphatic rings. The van der Waals surface area contributed by atoms with E-state index in [-0.39, 0.29) is 115 Å². The summed E-state index contributed by atoms with van der Waals surface area (Å²) < 4.78 is 10.8. The highest BCUT2D eigenvalue weighted by atomic mass is 16.6. The van der Waals surface area contributed by atoms with Gasteiger partial charge in [-0.15, -0.1) is 0 Å². The van der Waals surface area contributed by atoms with Crippen LogP contribution >= 0.6 is 0 Å². The lowest BCUT2D eigenvalue weighted by molar-refractivity contribution is -0.143. The maximum Gasteiger partial charge on any atom is 0.407 e. The van der Waals surface area contributed by atoms with Gasteiger partial charge < -0.3 is 67.1 Å². The largest absolute Gasteiger partial charge is 0.445 e. The van der Waals surface area contributed by atoms with Crippen molar-refractivity contribution >= 4 is 65.4 Å². The second kappa shape index (κ2) is 36.9. The number of ether oxygens (including phenoxy) is 2. The van der Waals surface area contributed by atoms with E-state index in [4.69, 9.17) is 9.47 Å². The van der Waals surface area contributed by atoms with Crippen LogP contribution in [-0.2, 0) is 78.7 Å². The first kappa shape index (κ1) is 73.1. The van der Waals surface area contributed by atoms with Crippen LogP contribution in [0.15, 0.2) is 121 Å². The number of nitrogens with one attached hydrogen (secondary N) is 9. The zero-order valence-corrected chi connectivity index (χ0v) is 55.4. The van der Waals surface area contributed by atoms with Gasteiger partial charge in [-0.1, -0.05) is 163 Å². The van der Waals surface area contributed by atoms with Crippen LogP contribution in [0.3, 0.4) is 0 Å². The first-order valence-electron chi connectivity index (χ1n) is 33.3. The molecule has 0 saturated carbocycles.